The zero-order valence-corrected chi connectivity index (χ0v) is 7.52. The summed E-state index contributed by atoms with van der Waals surface area (Å²) >= 11 is 0. The Hall–Kier alpha value is -0.840. The van der Waals surface area contributed by atoms with Crippen LogP contribution in [0.3, 0.4) is 0 Å². The molecule has 0 spiro atoms. The van der Waals surface area contributed by atoms with Crippen LogP contribution in [0.5, 0.6) is 0 Å². The van der Waals surface area contributed by atoms with Crippen molar-refractivity contribution in [1.29, 1.82) is 0 Å². The summed E-state index contributed by atoms with van der Waals surface area (Å²) in [6, 6.07) is 1.65. The maximum Gasteiger partial charge on any atom is 0.545 e. The van der Waals surface area contributed by atoms with Gasteiger partial charge in [-0.25, -0.2) is 4.57 Å². The highest BCUT2D eigenvalue weighted by Gasteiger charge is 2.18. The normalized spacial score (nSPS) is 11.7. The third kappa shape index (κ3) is 2.34. The van der Waals surface area contributed by atoms with Crippen molar-refractivity contribution in [3.63, 3.8) is 0 Å². The van der Waals surface area contributed by atoms with Crippen LogP contribution in [0.25, 0.3) is 0 Å². The fraction of sp³-hybridized carbons (Fsp3) is 0.400. The van der Waals surface area contributed by atoms with Crippen LogP contribution in [0, 0.1) is 13.8 Å². The Labute approximate surface area is 69.0 Å². The molecule has 0 aliphatic rings. The number of nitrogens with zero attached hydrogens (tertiary/aromatic N) is 2. The van der Waals surface area contributed by atoms with E-state index in [0.717, 1.165) is 4.85 Å². The molecule has 0 aliphatic heterocycles. The standard InChI is InChI=1S/C5H9N2O4P/c1-4-3-5(2)7(6-4)11-12(8,9)10/h3H,1-2H3,(H2,8,9,10). The Balaban J connectivity index is 2.90. The van der Waals surface area contributed by atoms with Gasteiger partial charge >= 0.3 is 7.82 Å². The summed E-state index contributed by atoms with van der Waals surface area (Å²) < 4.78 is 14.6. The summed E-state index contributed by atoms with van der Waals surface area (Å²) in [4.78, 5) is 17.7. The molecule has 6 nitrogen and oxygen atoms in total. The molecule has 0 radical (unpaired) electrons. The Morgan fingerprint density at radius 3 is 2.50 bits per heavy atom. The van der Waals surface area contributed by atoms with Gasteiger partial charge < -0.3 is 0 Å². The number of rotatable bonds is 2. The highest BCUT2D eigenvalue weighted by Crippen LogP contribution is 2.31. The van der Waals surface area contributed by atoms with Crippen molar-refractivity contribution in [3.05, 3.63) is 17.5 Å². The summed E-state index contributed by atoms with van der Waals surface area (Å²) in [7, 11) is -4.50. The molecule has 0 aliphatic carbocycles. The Morgan fingerprint density at radius 2 is 2.17 bits per heavy atom. The van der Waals surface area contributed by atoms with Crippen molar-refractivity contribution in [3.8, 4) is 0 Å². The van der Waals surface area contributed by atoms with E-state index in [1.165, 1.54) is 0 Å². The van der Waals surface area contributed by atoms with E-state index < -0.39 is 7.82 Å². The Bertz CT molecular complexity index is 328. The van der Waals surface area contributed by atoms with E-state index >= 15 is 0 Å². The largest absolute Gasteiger partial charge is 0.545 e. The molecule has 0 unspecified atom stereocenters. The van der Waals surface area contributed by atoms with E-state index in [-0.39, 0.29) is 0 Å². The zero-order chi connectivity index (χ0) is 9.35. The van der Waals surface area contributed by atoms with Crippen LogP contribution in [0.15, 0.2) is 6.07 Å². The maximum absolute atomic E-state index is 10.4. The number of hydrogen-bond acceptors (Lipinski definition) is 3. The fourth-order valence-electron chi connectivity index (χ4n) is 0.792. The maximum atomic E-state index is 10.4. The van der Waals surface area contributed by atoms with Gasteiger partial charge in [-0.15, -0.1) is 5.10 Å². The van der Waals surface area contributed by atoms with Crippen LogP contribution in [0.1, 0.15) is 11.4 Å². The van der Waals surface area contributed by atoms with E-state index in [4.69, 9.17) is 9.79 Å². The molecule has 2 N–H and O–H groups in total. The van der Waals surface area contributed by atoms with Crippen molar-refractivity contribution in [2.75, 3.05) is 0 Å². The molecule has 1 aromatic heterocycles. The minimum Gasteiger partial charge on any atom is -0.293 e. The van der Waals surface area contributed by atoms with E-state index in [1.54, 1.807) is 19.9 Å². The molecular formula is C5H9N2O4P. The highest BCUT2D eigenvalue weighted by molar-refractivity contribution is 7.46. The Kier molecular flexibility index (Phi) is 2.23. The lowest BCUT2D eigenvalue weighted by Gasteiger charge is -2.05. The molecule has 1 rings (SSSR count). The predicted octanol–water partition coefficient (Wildman–Crippen LogP) is 0.0212. The molecule has 7 heteroatoms. The van der Waals surface area contributed by atoms with Crippen molar-refractivity contribution >= 4 is 7.82 Å². The molecule has 0 saturated carbocycles. The predicted molar refractivity (Wildman–Crippen MR) is 40.3 cm³/mol. The first-order valence-electron chi connectivity index (χ1n) is 3.17. The van der Waals surface area contributed by atoms with Gasteiger partial charge in [-0.3, -0.25) is 14.4 Å². The van der Waals surface area contributed by atoms with Crippen molar-refractivity contribution in [2.24, 2.45) is 0 Å². The molecule has 0 amide bonds. The molecule has 0 saturated heterocycles. The smallest absolute Gasteiger partial charge is 0.293 e. The lowest BCUT2D eigenvalue weighted by molar-refractivity contribution is 0.150. The summed E-state index contributed by atoms with van der Waals surface area (Å²) in [5, 5.41) is 3.70. The minimum absolute atomic E-state index is 0.538. The lowest BCUT2D eigenvalue weighted by Crippen LogP contribution is -2.11. The monoisotopic (exact) mass is 192 g/mol. The highest BCUT2D eigenvalue weighted by atomic mass is 31.2. The van der Waals surface area contributed by atoms with Gasteiger partial charge in [-0.1, -0.05) is 4.85 Å². The molecule has 12 heavy (non-hydrogen) atoms. The van der Waals surface area contributed by atoms with Gasteiger partial charge in [0.2, 0.25) is 0 Å². The van der Waals surface area contributed by atoms with Crippen LogP contribution in [0.2, 0.25) is 0 Å². The first-order chi connectivity index (χ1) is 5.38. The SMILES string of the molecule is Cc1cc(C)n(OP(=O)(O)O)n1. The van der Waals surface area contributed by atoms with E-state index in [1.807, 2.05) is 0 Å². The average Bonchev–Trinajstić information content (AvgIpc) is 2.06. The molecular weight excluding hydrogens is 183 g/mol. The third-order valence-corrected chi connectivity index (χ3v) is 1.52. The van der Waals surface area contributed by atoms with Gasteiger partial charge in [0.25, 0.3) is 0 Å². The Morgan fingerprint density at radius 1 is 1.58 bits per heavy atom. The average molecular weight is 192 g/mol. The molecule has 1 aromatic rings. The second-order valence-corrected chi connectivity index (χ2v) is 3.52. The third-order valence-electron chi connectivity index (χ3n) is 1.15. The summed E-state index contributed by atoms with van der Waals surface area (Å²) in [5.41, 5.74) is 1.18. The second kappa shape index (κ2) is 2.90. The fourth-order valence-corrected chi connectivity index (χ4v) is 1.16. The van der Waals surface area contributed by atoms with Crippen LogP contribution in [0.4, 0.5) is 0 Å². The lowest BCUT2D eigenvalue weighted by atomic mass is 10.4. The molecule has 0 atom stereocenters. The van der Waals surface area contributed by atoms with Crippen LogP contribution in [-0.2, 0) is 4.57 Å². The topological polar surface area (TPSA) is 84.6 Å². The van der Waals surface area contributed by atoms with Gasteiger partial charge in [0.15, 0.2) is 0 Å². The van der Waals surface area contributed by atoms with Gasteiger partial charge in [-0.2, -0.15) is 0 Å². The van der Waals surface area contributed by atoms with Crippen molar-refractivity contribution < 1.29 is 19.0 Å². The first kappa shape index (κ1) is 9.25. The van der Waals surface area contributed by atoms with Gasteiger partial charge in [0.05, 0.1) is 11.4 Å². The zero-order valence-electron chi connectivity index (χ0n) is 6.63. The van der Waals surface area contributed by atoms with Gasteiger partial charge in [0, 0.05) is 0 Å². The van der Waals surface area contributed by atoms with Gasteiger partial charge in [-0.05, 0) is 19.9 Å². The van der Waals surface area contributed by atoms with Gasteiger partial charge in [0.1, 0.15) is 0 Å². The van der Waals surface area contributed by atoms with Crippen molar-refractivity contribution in [2.45, 2.75) is 13.8 Å². The molecule has 68 valence electrons. The quantitative estimate of drug-likeness (QED) is 0.645. The van der Waals surface area contributed by atoms with E-state index in [0.29, 0.717) is 11.4 Å². The number of hydrogen-bond donors (Lipinski definition) is 2. The van der Waals surface area contributed by atoms with Crippen LogP contribution in [-0.4, -0.2) is 19.7 Å². The minimum atomic E-state index is -4.50. The number of phosphoric acid groups is 1. The molecule has 0 aromatic carbocycles. The molecule has 0 fully saturated rings. The summed E-state index contributed by atoms with van der Waals surface area (Å²) in [5.74, 6) is 0. The van der Waals surface area contributed by atoms with Crippen LogP contribution >= 0.6 is 7.82 Å². The molecule has 0 bridgehead atoms. The molecule has 1 heterocycles. The second-order valence-electron chi connectivity index (χ2n) is 2.37. The summed E-state index contributed by atoms with van der Waals surface area (Å²) in [6.45, 7) is 3.34. The van der Waals surface area contributed by atoms with Crippen molar-refractivity contribution in [1.82, 2.24) is 9.94 Å². The summed E-state index contributed by atoms with van der Waals surface area (Å²) in [6.07, 6.45) is 0. The van der Waals surface area contributed by atoms with E-state index in [9.17, 15) is 4.57 Å². The first-order valence-corrected chi connectivity index (χ1v) is 4.70. The van der Waals surface area contributed by atoms with E-state index in [2.05, 4.69) is 9.72 Å². The number of aromatic nitrogens is 2. The van der Waals surface area contributed by atoms with Crippen LogP contribution < -0.4 is 4.62 Å². The number of aryl methyl sites for hydroxylation is 2.